The maximum absolute atomic E-state index is 3.93. The minimum Gasteiger partial charge on any atom is -0.103 e. The van der Waals surface area contributed by atoms with Crippen LogP contribution in [0.1, 0.15) is 73.1 Å². The molecule has 0 amide bonds. The van der Waals surface area contributed by atoms with Gasteiger partial charge in [-0.3, -0.25) is 0 Å². The Balaban J connectivity index is 0.00000128. The van der Waals surface area contributed by atoms with Crippen molar-refractivity contribution in [2.45, 2.75) is 73.1 Å². The van der Waals surface area contributed by atoms with E-state index in [4.69, 9.17) is 0 Å². The van der Waals surface area contributed by atoms with Gasteiger partial charge in [0, 0.05) is 0 Å². The number of allylic oxidation sites excluding steroid dienone is 1. The summed E-state index contributed by atoms with van der Waals surface area (Å²) in [6.45, 7) is 6.35. The van der Waals surface area contributed by atoms with Crippen molar-refractivity contribution < 1.29 is 0 Å². The first-order valence-corrected chi connectivity index (χ1v) is 6.92. The highest BCUT2D eigenvalue weighted by molar-refractivity contribution is 4.87. The predicted octanol–water partition coefficient (Wildman–Crippen LogP) is 6.08. The van der Waals surface area contributed by atoms with E-state index in [2.05, 4.69) is 19.6 Å². The Labute approximate surface area is 110 Å². The highest BCUT2D eigenvalue weighted by Crippen LogP contribution is 2.41. The summed E-state index contributed by atoms with van der Waals surface area (Å²) >= 11 is 0. The van der Waals surface area contributed by atoms with E-state index in [-0.39, 0.29) is 14.9 Å². The van der Waals surface area contributed by atoms with Crippen LogP contribution in [-0.4, -0.2) is 0 Å². The Bertz CT molecular complexity index is 190. The summed E-state index contributed by atoms with van der Waals surface area (Å²) in [5.74, 6) is 3.98. The molecule has 17 heavy (non-hydrogen) atoms. The molecule has 0 unspecified atom stereocenters. The van der Waals surface area contributed by atoms with Crippen LogP contribution in [0.3, 0.4) is 0 Å². The summed E-state index contributed by atoms with van der Waals surface area (Å²) in [5, 5.41) is 0. The second kappa shape index (κ2) is 7.95. The Hall–Kier alpha value is -0.260. The SMILES string of the molecule is C.C.C=CC1CCC(C2CCC(C)CC2)CC1. The van der Waals surface area contributed by atoms with Gasteiger partial charge in [0.1, 0.15) is 0 Å². The van der Waals surface area contributed by atoms with Crippen LogP contribution in [-0.2, 0) is 0 Å². The molecule has 0 atom stereocenters. The van der Waals surface area contributed by atoms with Crippen LogP contribution in [0.4, 0.5) is 0 Å². The van der Waals surface area contributed by atoms with E-state index < -0.39 is 0 Å². The maximum atomic E-state index is 3.93. The van der Waals surface area contributed by atoms with Crippen molar-refractivity contribution in [2.24, 2.45) is 23.7 Å². The number of rotatable bonds is 2. The average molecular weight is 238 g/mol. The largest absolute Gasteiger partial charge is 0.103 e. The summed E-state index contributed by atoms with van der Waals surface area (Å²) in [6, 6.07) is 0. The highest BCUT2D eigenvalue weighted by atomic mass is 14.3. The quantitative estimate of drug-likeness (QED) is 0.512. The second-order valence-corrected chi connectivity index (χ2v) is 5.93. The molecule has 0 aromatic rings. The molecule has 0 spiro atoms. The fraction of sp³-hybridized carbons (Fsp3) is 0.882. The van der Waals surface area contributed by atoms with Crippen molar-refractivity contribution in [1.82, 2.24) is 0 Å². The van der Waals surface area contributed by atoms with E-state index in [1.165, 1.54) is 51.4 Å². The molecule has 102 valence electrons. The van der Waals surface area contributed by atoms with E-state index >= 15 is 0 Å². The van der Waals surface area contributed by atoms with Crippen molar-refractivity contribution in [2.75, 3.05) is 0 Å². The van der Waals surface area contributed by atoms with Crippen LogP contribution in [0.25, 0.3) is 0 Å². The lowest BCUT2D eigenvalue weighted by molar-refractivity contribution is 0.160. The smallest absolute Gasteiger partial charge is 0.0236 e. The zero-order valence-electron chi connectivity index (χ0n) is 10.3. The molecule has 0 N–H and O–H groups in total. The summed E-state index contributed by atoms with van der Waals surface area (Å²) in [7, 11) is 0. The standard InChI is InChI=1S/C15H26.2CH4/c1-3-13-6-10-15(11-7-13)14-8-4-12(2)5-9-14;;/h3,12-15H,1,4-11H2,2H3;2*1H4. The van der Waals surface area contributed by atoms with Crippen LogP contribution in [0.5, 0.6) is 0 Å². The molecule has 2 aliphatic rings. The van der Waals surface area contributed by atoms with E-state index in [9.17, 15) is 0 Å². The normalized spacial score (nSPS) is 37.5. The minimum absolute atomic E-state index is 0. The predicted molar refractivity (Wildman–Crippen MR) is 80.2 cm³/mol. The topological polar surface area (TPSA) is 0 Å². The van der Waals surface area contributed by atoms with Gasteiger partial charge in [-0.2, -0.15) is 0 Å². The lowest BCUT2D eigenvalue weighted by Crippen LogP contribution is -2.24. The number of hydrogen-bond donors (Lipinski definition) is 0. The molecule has 0 heterocycles. The van der Waals surface area contributed by atoms with E-state index in [0.29, 0.717) is 0 Å². The summed E-state index contributed by atoms with van der Waals surface area (Å²) < 4.78 is 0. The van der Waals surface area contributed by atoms with Crippen LogP contribution in [0.15, 0.2) is 12.7 Å². The molecule has 0 aromatic carbocycles. The Morgan fingerprint density at radius 2 is 1.18 bits per heavy atom. The van der Waals surface area contributed by atoms with Gasteiger partial charge >= 0.3 is 0 Å². The van der Waals surface area contributed by atoms with Crippen molar-refractivity contribution in [3.63, 3.8) is 0 Å². The van der Waals surface area contributed by atoms with Gasteiger partial charge in [0.2, 0.25) is 0 Å². The lowest BCUT2D eigenvalue weighted by Gasteiger charge is -2.36. The zero-order valence-corrected chi connectivity index (χ0v) is 10.3. The molecule has 0 aromatic heterocycles. The van der Waals surface area contributed by atoms with Crippen molar-refractivity contribution in [3.05, 3.63) is 12.7 Å². The third kappa shape index (κ3) is 4.48. The molecule has 0 nitrogen and oxygen atoms in total. The van der Waals surface area contributed by atoms with Crippen molar-refractivity contribution in [3.8, 4) is 0 Å². The fourth-order valence-electron chi connectivity index (χ4n) is 3.61. The molecule has 2 fully saturated rings. The summed E-state index contributed by atoms with van der Waals surface area (Å²) in [6.07, 6.45) is 14.0. The number of hydrogen-bond acceptors (Lipinski definition) is 0. The molecule has 2 rings (SSSR count). The summed E-state index contributed by atoms with van der Waals surface area (Å²) in [4.78, 5) is 0. The molecule has 0 heteroatoms. The molecule has 2 saturated carbocycles. The maximum Gasteiger partial charge on any atom is -0.0236 e. The van der Waals surface area contributed by atoms with E-state index in [0.717, 1.165) is 23.7 Å². The minimum atomic E-state index is 0. The van der Waals surface area contributed by atoms with Crippen molar-refractivity contribution in [1.29, 1.82) is 0 Å². The molecule has 0 saturated heterocycles. The van der Waals surface area contributed by atoms with Gasteiger partial charge in [-0.25, -0.2) is 0 Å². The van der Waals surface area contributed by atoms with Gasteiger partial charge in [-0.15, -0.1) is 6.58 Å². The molecular formula is C17H34. The van der Waals surface area contributed by atoms with Gasteiger partial charge in [0.15, 0.2) is 0 Å². The van der Waals surface area contributed by atoms with Crippen molar-refractivity contribution >= 4 is 0 Å². The van der Waals surface area contributed by atoms with Crippen LogP contribution in [0.2, 0.25) is 0 Å². The monoisotopic (exact) mass is 238 g/mol. The lowest BCUT2D eigenvalue weighted by atomic mass is 9.69. The third-order valence-corrected chi connectivity index (χ3v) is 4.88. The zero-order chi connectivity index (χ0) is 10.7. The fourth-order valence-corrected chi connectivity index (χ4v) is 3.61. The molecule has 2 aliphatic carbocycles. The molecular weight excluding hydrogens is 204 g/mol. The van der Waals surface area contributed by atoms with Gasteiger partial charge in [0.05, 0.1) is 0 Å². The second-order valence-electron chi connectivity index (χ2n) is 5.93. The van der Waals surface area contributed by atoms with Crippen LogP contribution >= 0.6 is 0 Å². The van der Waals surface area contributed by atoms with Gasteiger partial charge in [-0.05, 0) is 62.2 Å². The first-order chi connectivity index (χ1) is 7.29. The third-order valence-electron chi connectivity index (χ3n) is 4.88. The first-order valence-electron chi connectivity index (χ1n) is 6.92. The van der Waals surface area contributed by atoms with Gasteiger partial charge in [0.25, 0.3) is 0 Å². The van der Waals surface area contributed by atoms with Crippen LogP contribution in [0, 0.1) is 23.7 Å². The van der Waals surface area contributed by atoms with E-state index in [1.807, 2.05) is 0 Å². The molecule has 0 bridgehead atoms. The van der Waals surface area contributed by atoms with Crippen LogP contribution < -0.4 is 0 Å². The van der Waals surface area contributed by atoms with E-state index in [1.54, 1.807) is 0 Å². The van der Waals surface area contributed by atoms with Gasteiger partial charge in [-0.1, -0.05) is 40.7 Å². The highest BCUT2D eigenvalue weighted by Gasteiger charge is 2.28. The first kappa shape index (κ1) is 16.7. The Morgan fingerprint density at radius 1 is 0.765 bits per heavy atom. The average Bonchev–Trinajstić information content (AvgIpc) is 2.30. The molecule has 0 radical (unpaired) electrons. The molecule has 0 aliphatic heterocycles. The van der Waals surface area contributed by atoms with Gasteiger partial charge < -0.3 is 0 Å². The Kier molecular flexibility index (Phi) is 7.83. The Morgan fingerprint density at radius 3 is 1.59 bits per heavy atom. The summed E-state index contributed by atoms with van der Waals surface area (Å²) in [5.41, 5.74) is 0.